The number of aryl methyl sites for hydroxylation is 2. The average Bonchev–Trinajstić information content (AvgIpc) is 3.14. The quantitative estimate of drug-likeness (QED) is 0.727. The number of imidazole rings is 1. The summed E-state index contributed by atoms with van der Waals surface area (Å²) in [7, 11) is 0. The molecule has 0 bridgehead atoms. The number of aromatic nitrogens is 3. The molecule has 1 aliphatic carbocycles. The first-order chi connectivity index (χ1) is 12.1. The number of rotatable bonds is 4. The Hall–Kier alpha value is -2.62. The lowest BCUT2D eigenvalue weighted by atomic mass is 9.67. The van der Waals surface area contributed by atoms with E-state index in [-0.39, 0.29) is 5.78 Å². The minimum atomic E-state index is -0.453. The van der Waals surface area contributed by atoms with Crippen LogP contribution in [0.5, 0.6) is 0 Å². The largest absolute Gasteiger partial charge is 0.348 e. The summed E-state index contributed by atoms with van der Waals surface area (Å²) in [4.78, 5) is 21.3. The van der Waals surface area contributed by atoms with Crippen molar-refractivity contribution in [2.75, 3.05) is 0 Å². The molecule has 1 atom stereocenters. The Kier molecular flexibility index (Phi) is 3.64. The average molecular weight is 333 g/mol. The molecule has 0 amide bonds. The Balaban J connectivity index is 1.87. The molecule has 3 aromatic heterocycles. The van der Waals surface area contributed by atoms with Crippen molar-refractivity contribution in [3.63, 3.8) is 0 Å². The van der Waals surface area contributed by atoms with E-state index in [1.54, 1.807) is 6.33 Å². The maximum atomic E-state index is 13.7. The number of allylic oxidation sites excluding steroid dienone is 1. The Morgan fingerprint density at radius 2 is 2.24 bits per heavy atom. The molecule has 25 heavy (non-hydrogen) atoms. The first-order valence-corrected chi connectivity index (χ1v) is 8.80. The van der Waals surface area contributed by atoms with Crippen molar-refractivity contribution in [1.29, 1.82) is 0 Å². The van der Waals surface area contributed by atoms with Crippen LogP contribution in [0.15, 0.2) is 43.4 Å². The number of nitrogens with zero attached hydrogens (tertiary/aromatic N) is 2. The number of hydrogen-bond acceptors (Lipinski definition) is 2. The standard InChI is InChI=1S/C21H23N3O/c1-4-9-21(12-17-15(3)22-13-23-17)10-8-16-14(2)18-7-5-6-11-24(18)19(16)20(21)25/h4-7,11,13H,1,8-10,12H2,2-3H3,(H,22,23). The molecule has 3 heterocycles. The van der Waals surface area contributed by atoms with Gasteiger partial charge in [-0.15, -0.1) is 6.58 Å². The number of H-pyrrole nitrogens is 1. The summed E-state index contributed by atoms with van der Waals surface area (Å²) < 4.78 is 2.07. The van der Waals surface area contributed by atoms with E-state index in [1.807, 2.05) is 31.3 Å². The topological polar surface area (TPSA) is 50.2 Å². The highest BCUT2D eigenvalue weighted by molar-refractivity contribution is 6.03. The zero-order valence-corrected chi connectivity index (χ0v) is 14.8. The lowest BCUT2D eigenvalue weighted by Gasteiger charge is -2.35. The SMILES string of the molecule is C=CCC1(Cc2nc[nH]c2C)CCc2c(C)c3ccccn3c2C1=O. The third kappa shape index (κ3) is 2.28. The van der Waals surface area contributed by atoms with Gasteiger partial charge in [-0.3, -0.25) is 4.79 Å². The molecule has 0 aliphatic heterocycles. The molecule has 0 spiro atoms. The number of fused-ring (bicyclic) bond motifs is 3. The van der Waals surface area contributed by atoms with E-state index in [1.165, 1.54) is 11.1 Å². The van der Waals surface area contributed by atoms with Crippen LogP contribution < -0.4 is 0 Å². The smallest absolute Gasteiger partial charge is 0.186 e. The molecule has 1 unspecified atom stereocenters. The summed E-state index contributed by atoms with van der Waals surface area (Å²) in [6.45, 7) is 8.06. The number of pyridine rings is 1. The third-order valence-corrected chi connectivity index (χ3v) is 5.75. The predicted molar refractivity (Wildman–Crippen MR) is 99.1 cm³/mol. The Labute approximate surface area is 147 Å². The Morgan fingerprint density at radius 3 is 2.96 bits per heavy atom. The first kappa shape index (κ1) is 15.9. The van der Waals surface area contributed by atoms with Crippen molar-refractivity contribution in [3.05, 3.63) is 71.6 Å². The molecule has 0 aromatic carbocycles. The molecule has 128 valence electrons. The molecular weight excluding hydrogens is 310 g/mol. The van der Waals surface area contributed by atoms with Gasteiger partial charge in [0.25, 0.3) is 0 Å². The zero-order chi connectivity index (χ0) is 17.6. The van der Waals surface area contributed by atoms with E-state index < -0.39 is 5.41 Å². The number of aromatic amines is 1. The number of hydrogen-bond donors (Lipinski definition) is 1. The van der Waals surface area contributed by atoms with Crippen molar-refractivity contribution in [2.45, 2.75) is 39.5 Å². The van der Waals surface area contributed by atoms with E-state index >= 15 is 0 Å². The summed E-state index contributed by atoms with van der Waals surface area (Å²) in [5.74, 6) is 0.227. The number of nitrogens with one attached hydrogen (secondary N) is 1. The van der Waals surface area contributed by atoms with E-state index in [0.29, 0.717) is 12.8 Å². The highest BCUT2D eigenvalue weighted by Gasteiger charge is 2.44. The Bertz CT molecular complexity index is 978. The predicted octanol–water partition coefficient (Wildman–Crippen LogP) is 4.21. The van der Waals surface area contributed by atoms with Gasteiger partial charge in [0.1, 0.15) is 0 Å². The van der Waals surface area contributed by atoms with Gasteiger partial charge < -0.3 is 9.38 Å². The van der Waals surface area contributed by atoms with E-state index in [2.05, 4.69) is 33.9 Å². The minimum absolute atomic E-state index is 0.227. The van der Waals surface area contributed by atoms with Crippen LogP contribution in [0.2, 0.25) is 0 Å². The van der Waals surface area contributed by atoms with Gasteiger partial charge in [-0.2, -0.15) is 0 Å². The summed E-state index contributed by atoms with van der Waals surface area (Å²) in [5.41, 5.74) is 5.99. The fraction of sp³-hybridized carbons (Fsp3) is 0.333. The van der Waals surface area contributed by atoms with Crippen LogP contribution in [0.4, 0.5) is 0 Å². The summed E-state index contributed by atoms with van der Waals surface area (Å²) in [5, 5.41) is 0. The molecule has 0 saturated heterocycles. The van der Waals surface area contributed by atoms with Crippen LogP contribution in [-0.4, -0.2) is 20.2 Å². The molecule has 0 fully saturated rings. The van der Waals surface area contributed by atoms with E-state index in [4.69, 9.17) is 0 Å². The molecule has 1 aliphatic rings. The van der Waals surface area contributed by atoms with Gasteiger partial charge in [0.05, 0.1) is 17.7 Å². The highest BCUT2D eigenvalue weighted by atomic mass is 16.1. The van der Waals surface area contributed by atoms with Crippen LogP contribution in [-0.2, 0) is 12.8 Å². The van der Waals surface area contributed by atoms with Gasteiger partial charge in [0.15, 0.2) is 5.78 Å². The molecule has 0 saturated carbocycles. The second kappa shape index (κ2) is 5.73. The van der Waals surface area contributed by atoms with Crippen LogP contribution in [0.1, 0.15) is 45.8 Å². The number of ketones is 1. The van der Waals surface area contributed by atoms with Crippen LogP contribution in [0.3, 0.4) is 0 Å². The molecule has 4 nitrogen and oxygen atoms in total. The molecule has 0 radical (unpaired) electrons. The zero-order valence-electron chi connectivity index (χ0n) is 14.8. The van der Waals surface area contributed by atoms with Crippen molar-refractivity contribution < 1.29 is 4.79 Å². The van der Waals surface area contributed by atoms with E-state index in [0.717, 1.165) is 35.4 Å². The van der Waals surface area contributed by atoms with Gasteiger partial charge in [0, 0.05) is 29.2 Å². The summed E-state index contributed by atoms with van der Waals surface area (Å²) in [6.07, 6.45) is 8.70. The fourth-order valence-corrected chi connectivity index (χ4v) is 4.30. The van der Waals surface area contributed by atoms with Crippen LogP contribution in [0, 0.1) is 19.3 Å². The summed E-state index contributed by atoms with van der Waals surface area (Å²) >= 11 is 0. The molecule has 4 rings (SSSR count). The van der Waals surface area contributed by atoms with Crippen molar-refractivity contribution in [1.82, 2.24) is 14.4 Å². The highest BCUT2D eigenvalue weighted by Crippen LogP contribution is 2.43. The molecule has 1 N–H and O–H groups in total. The summed E-state index contributed by atoms with van der Waals surface area (Å²) in [6, 6.07) is 6.11. The lowest BCUT2D eigenvalue weighted by Crippen LogP contribution is -2.38. The van der Waals surface area contributed by atoms with Crippen LogP contribution in [0.25, 0.3) is 5.52 Å². The van der Waals surface area contributed by atoms with Gasteiger partial charge in [-0.25, -0.2) is 4.98 Å². The number of carbonyl (C=O) groups excluding carboxylic acids is 1. The second-order valence-electron chi connectivity index (χ2n) is 7.16. The minimum Gasteiger partial charge on any atom is -0.348 e. The van der Waals surface area contributed by atoms with Crippen LogP contribution >= 0.6 is 0 Å². The first-order valence-electron chi connectivity index (χ1n) is 8.80. The van der Waals surface area contributed by atoms with E-state index in [9.17, 15) is 4.79 Å². The molecular formula is C21H23N3O. The van der Waals surface area contributed by atoms with Gasteiger partial charge in [0.2, 0.25) is 0 Å². The maximum Gasteiger partial charge on any atom is 0.186 e. The monoisotopic (exact) mass is 333 g/mol. The third-order valence-electron chi connectivity index (χ3n) is 5.75. The maximum absolute atomic E-state index is 13.7. The van der Waals surface area contributed by atoms with Crippen molar-refractivity contribution in [2.24, 2.45) is 5.41 Å². The lowest BCUT2D eigenvalue weighted by molar-refractivity contribution is 0.0749. The van der Waals surface area contributed by atoms with Gasteiger partial charge in [-0.05, 0) is 56.4 Å². The van der Waals surface area contributed by atoms with Gasteiger partial charge >= 0.3 is 0 Å². The molecule has 3 aromatic rings. The molecule has 4 heteroatoms. The van der Waals surface area contributed by atoms with Crippen molar-refractivity contribution >= 4 is 11.3 Å². The Morgan fingerprint density at radius 1 is 1.40 bits per heavy atom. The van der Waals surface area contributed by atoms with Crippen molar-refractivity contribution in [3.8, 4) is 0 Å². The normalized spacial score (nSPS) is 20.0. The van der Waals surface area contributed by atoms with Gasteiger partial charge in [-0.1, -0.05) is 12.1 Å². The second-order valence-corrected chi connectivity index (χ2v) is 7.16. The number of Topliss-reactive ketones (excluding diaryl/α,β-unsaturated/α-hetero) is 1. The number of carbonyl (C=O) groups is 1. The fourth-order valence-electron chi connectivity index (χ4n) is 4.30.